The van der Waals surface area contributed by atoms with Crippen LogP contribution in [0.15, 0.2) is 94.7 Å². The van der Waals surface area contributed by atoms with Gasteiger partial charge in [0, 0.05) is 16.8 Å². The number of rotatable bonds is 5. The number of benzene rings is 2. The van der Waals surface area contributed by atoms with Crippen molar-refractivity contribution in [2.75, 3.05) is 0 Å². The highest BCUT2D eigenvalue weighted by Gasteiger charge is 2.12. The Balaban J connectivity index is 1.74. The first-order valence-corrected chi connectivity index (χ1v) is 8.97. The highest BCUT2D eigenvalue weighted by atomic mass is 32.2. The molecule has 0 radical (unpaired) electrons. The Bertz CT molecular complexity index is 836. The Kier molecular flexibility index (Phi) is 4.77. The SMILES string of the molecule is C=CC(=O)NC1=C[SH](c2ccc(C(=O)c3ccccc3)cc2)C=C1. The molecule has 3 nitrogen and oxygen atoms in total. The van der Waals surface area contributed by atoms with Gasteiger partial charge in [0.1, 0.15) is 0 Å². The fraction of sp³-hybridized carbons (Fsp3) is 0. The maximum absolute atomic E-state index is 12.4. The Hall–Kier alpha value is -2.85. The first kappa shape index (κ1) is 16.0. The van der Waals surface area contributed by atoms with Crippen molar-refractivity contribution in [3.63, 3.8) is 0 Å². The van der Waals surface area contributed by atoms with Gasteiger partial charge in [0.05, 0.1) is 0 Å². The minimum absolute atomic E-state index is 0.0198. The van der Waals surface area contributed by atoms with E-state index in [4.69, 9.17) is 0 Å². The molecule has 1 heterocycles. The number of ketones is 1. The molecule has 24 heavy (non-hydrogen) atoms. The summed E-state index contributed by atoms with van der Waals surface area (Å²) in [6.45, 7) is 3.44. The van der Waals surface area contributed by atoms with E-state index in [0.717, 1.165) is 10.6 Å². The second kappa shape index (κ2) is 7.15. The Morgan fingerprint density at radius 1 is 0.958 bits per heavy atom. The summed E-state index contributed by atoms with van der Waals surface area (Å²) in [5.41, 5.74) is 2.15. The second-order valence-corrected chi connectivity index (χ2v) is 7.13. The van der Waals surface area contributed by atoms with Gasteiger partial charge in [-0.2, -0.15) is 10.9 Å². The lowest BCUT2D eigenvalue weighted by atomic mass is 10.0. The molecule has 4 heteroatoms. The lowest BCUT2D eigenvalue weighted by Crippen LogP contribution is -2.17. The molecular weight excluding hydrogens is 318 g/mol. The van der Waals surface area contributed by atoms with Crippen molar-refractivity contribution >= 4 is 22.6 Å². The van der Waals surface area contributed by atoms with Gasteiger partial charge in [-0.15, -0.1) is 0 Å². The van der Waals surface area contributed by atoms with Gasteiger partial charge < -0.3 is 5.32 Å². The van der Waals surface area contributed by atoms with Crippen LogP contribution in [0, 0.1) is 0 Å². The zero-order chi connectivity index (χ0) is 16.9. The molecule has 0 spiro atoms. The van der Waals surface area contributed by atoms with Crippen molar-refractivity contribution in [1.82, 2.24) is 5.32 Å². The van der Waals surface area contributed by atoms with Crippen LogP contribution in [-0.2, 0) is 4.79 Å². The average molecular weight is 335 g/mol. The van der Waals surface area contributed by atoms with E-state index in [1.807, 2.05) is 66.1 Å². The molecule has 1 amide bonds. The number of carbonyl (C=O) groups is 2. The summed E-state index contributed by atoms with van der Waals surface area (Å²) in [5.74, 6) is -0.196. The van der Waals surface area contributed by atoms with Crippen LogP contribution in [-0.4, -0.2) is 11.7 Å². The number of amides is 1. The third-order valence-corrected chi connectivity index (χ3v) is 5.53. The number of hydrogen-bond acceptors (Lipinski definition) is 2. The lowest BCUT2D eigenvalue weighted by molar-refractivity contribution is -0.115. The highest BCUT2D eigenvalue weighted by molar-refractivity contribution is 8.22. The van der Waals surface area contributed by atoms with Crippen LogP contribution in [0.25, 0.3) is 0 Å². The zero-order valence-corrected chi connectivity index (χ0v) is 13.9. The molecule has 3 rings (SSSR count). The molecule has 0 bridgehead atoms. The maximum atomic E-state index is 12.4. The molecular formula is C20H17NO2S. The topological polar surface area (TPSA) is 46.2 Å². The van der Waals surface area contributed by atoms with Crippen molar-refractivity contribution in [3.8, 4) is 0 Å². The normalized spacial score (nSPS) is 17.2. The van der Waals surface area contributed by atoms with Crippen LogP contribution in [0.5, 0.6) is 0 Å². The fourth-order valence-electron chi connectivity index (χ4n) is 2.37. The minimum Gasteiger partial charge on any atom is -0.322 e. The van der Waals surface area contributed by atoms with E-state index in [0.29, 0.717) is 11.1 Å². The standard InChI is InChI=1S/C20H17NO2S/c1-2-19(22)21-17-12-13-24(14-17)18-10-8-16(9-11-18)20(23)15-6-4-3-5-7-15/h2-14,24H,1H2,(H,21,22). The summed E-state index contributed by atoms with van der Waals surface area (Å²) in [6.07, 6.45) is 3.15. The van der Waals surface area contributed by atoms with Crippen LogP contribution < -0.4 is 5.32 Å². The summed E-state index contributed by atoms with van der Waals surface area (Å²) in [7, 11) is -0.604. The molecule has 120 valence electrons. The monoisotopic (exact) mass is 335 g/mol. The van der Waals surface area contributed by atoms with Gasteiger partial charge in [-0.25, -0.2) is 0 Å². The van der Waals surface area contributed by atoms with Crippen molar-refractivity contribution < 1.29 is 9.59 Å². The largest absolute Gasteiger partial charge is 0.322 e. The summed E-state index contributed by atoms with van der Waals surface area (Å²) < 4.78 is 0. The van der Waals surface area contributed by atoms with Gasteiger partial charge >= 0.3 is 0 Å². The Labute approximate surface area is 143 Å². The first-order valence-electron chi connectivity index (χ1n) is 7.49. The number of hydrogen-bond donors (Lipinski definition) is 2. The molecule has 1 aliphatic heterocycles. The van der Waals surface area contributed by atoms with Gasteiger partial charge in [-0.3, -0.25) is 9.59 Å². The quantitative estimate of drug-likeness (QED) is 0.494. The van der Waals surface area contributed by atoms with Crippen molar-refractivity contribution in [2.24, 2.45) is 0 Å². The molecule has 1 atom stereocenters. The van der Waals surface area contributed by atoms with Crippen LogP contribution in [0.1, 0.15) is 15.9 Å². The molecule has 0 fully saturated rings. The van der Waals surface area contributed by atoms with Gasteiger partial charge in [0.25, 0.3) is 0 Å². The van der Waals surface area contributed by atoms with Crippen LogP contribution in [0.3, 0.4) is 0 Å². The third-order valence-electron chi connectivity index (χ3n) is 3.61. The van der Waals surface area contributed by atoms with Crippen LogP contribution in [0.2, 0.25) is 0 Å². The molecule has 0 saturated heterocycles. The number of allylic oxidation sites excluding steroid dienone is 1. The smallest absolute Gasteiger partial charge is 0.247 e. The van der Waals surface area contributed by atoms with Crippen molar-refractivity contribution in [3.05, 3.63) is 101 Å². The van der Waals surface area contributed by atoms with Crippen molar-refractivity contribution in [1.29, 1.82) is 0 Å². The van der Waals surface area contributed by atoms with E-state index >= 15 is 0 Å². The second-order valence-electron chi connectivity index (χ2n) is 5.24. The molecule has 0 saturated carbocycles. The first-order chi connectivity index (χ1) is 11.7. The van der Waals surface area contributed by atoms with Gasteiger partial charge in [0.2, 0.25) is 5.91 Å². The van der Waals surface area contributed by atoms with Gasteiger partial charge in [0.15, 0.2) is 5.78 Å². The van der Waals surface area contributed by atoms with Crippen molar-refractivity contribution in [2.45, 2.75) is 4.90 Å². The summed E-state index contributed by atoms with van der Waals surface area (Å²) >= 11 is 0. The van der Waals surface area contributed by atoms with E-state index in [1.54, 1.807) is 0 Å². The molecule has 1 unspecified atom stereocenters. The Morgan fingerprint density at radius 3 is 2.29 bits per heavy atom. The van der Waals surface area contributed by atoms with E-state index in [9.17, 15) is 9.59 Å². The number of carbonyl (C=O) groups excluding carboxylic acids is 2. The van der Waals surface area contributed by atoms with E-state index < -0.39 is 10.9 Å². The van der Waals surface area contributed by atoms with E-state index in [2.05, 4.69) is 17.3 Å². The van der Waals surface area contributed by atoms with E-state index in [-0.39, 0.29) is 11.7 Å². The molecule has 2 aromatic carbocycles. The lowest BCUT2D eigenvalue weighted by Gasteiger charge is -2.11. The number of nitrogens with one attached hydrogen (secondary N) is 1. The molecule has 1 aliphatic rings. The van der Waals surface area contributed by atoms with E-state index in [1.165, 1.54) is 6.08 Å². The highest BCUT2D eigenvalue weighted by Crippen LogP contribution is 2.43. The minimum atomic E-state index is -0.604. The molecule has 0 aromatic heterocycles. The predicted molar refractivity (Wildman–Crippen MR) is 99.1 cm³/mol. The molecule has 2 aromatic rings. The summed E-state index contributed by atoms with van der Waals surface area (Å²) in [5, 5.41) is 6.86. The van der Waals surface area contributed by atoms with Crippen LogP contribution in [0.4, 0.5) is 0 Å². The average Bonchev–Trinajstić information content (AvgIpc) is 3.10. The summed E-state index contributed by atoms with van der Waals surface area (Å²) in [4.78, 5) is 24.9. The Morgan fingerprint density at radius 2 is 1.62 bits per heavy atom. The molecule has 1 N–H and O–H groups in total. The maximum Gasteiger partial charge on any atom is 0.247 e. The third kappa shape index (κ3) is 3.55. The van der Waals surface area contributed by atoms with Crippen LogP contribution >= 0.6 is 10.9 Å². The molecule has 0 aliphatic carbocycles. The zero-order valence-electron chi connectivity index (χ0n) is 13.0. The van der Waals surface area contributed by atoms with Gasteiger partial charge in [-0.05, 0) is 52.1 Å². The number of thiol groups is 1. The predicted octanol–water partition coefficient (Wildman–Crippen LogP) is 3.95. The van der Waals surface area contributed by atoms with Gasteiger partial charge in [-0.1, -0.05) is 36.9 Å². The summed E-state index contributed by atoms with van der Waals surface area (Å²) in [6, 6.07) is 16.9. The fourth-order valence-corrected chi connectivity index (χ4v) is 4.04.